The summed E-state index contributed by atoms with van der Waals surface area (Å²) in [6.45, 7) is 10.0. The summed E-state index contributed by atoms with van der Waals surface area (Å²) in [5.41, 5.74) is 0.713. The average molecular weight is 314 g/mol. The molecule has 0 bridgehead atoms. The smallest absolute Gasteiger partial charge is 0.151 e. The molecule has 120 valence electrons. The third-order valence-corrected chi connectivity index (χ3v) is 4.90. The lowest BCUT2D eigenvalue weighted by molar-refractivity contribution is 0.546. The predicted octanol–water partition coefficient (Wildman–Crippen LogP) is 1.97. The van der Waals surface area contributed by atoms with Gasteiger partial charge in [-0.2, -0.15) is 0 Å². The standard InChI is InChI=1S/C14H26N4O2S/c1-7-21(19,20)9-8-16-12-10(2)11(15-6)17-13(18-12)14(3,4)5/h7-9H2,1-6H3,(H2,15,16,17,18). The van der Waals surface area contributed by atoms with E-state index < -0.39 is 9.84 Å². The minimum absolute atomic E-state index is 0.104. The molecule has 0 aromatic carbocycles. The number of nitrogens with one attached hydrogen (secondary N) is 2. The number of rotatable bonds is 6. The number of sulfone groups is 1. The van der Waals surface area contributed by atoms with Crippen LogP contribution in [0.4, 0.5) is 11.6 Å². The van der Waals surface area contributed by atoms with E-state index in [0.29, 0.717) is 12.4 Å². The van der Waals surface area contributed by atoms with Gasteiger partial charge in [-0.1, -0.05) is 27.7 Å². The maximum absolute atomic E-state index is 11.5. The third kappa shape index (κ3) is 4.84. The van der Waals surface area contributed by atoms with Gasteiger partial charge in [-0.3, -0.25) is 0 Å². The van der Waals surface area contributed by atoms with Gasteiger partial charge in [0.05, 0.1) is 5.75 Å². The number of aromatic nitrogens is 2. The van der Waals surface area contributed by atoms with Gasteiger partial charge in [0.2, 0.25) is 0 Å². The summed E-state index contributed by atoms with van der Waals surface area (Å²) < 4.78 is 23.1. The van der Waals surface area contributed by atoms with Crippen LogP contribution >= 0.6 is 0 Å². The highest BCUT2D eigenvalue weighted by molar-refractivity contribution is 7.91. The van der Waals surface area contributed by atoms with Crippen molar-refractivity contribution in [2.45, 2.75) is 40.0 Å². The quantitative estimate of drug-likeness (QED) is 0.835. The van der Waals surface area contributed by atoms with Crippen LogP contribution in [0.15, 0.2) is 0 Å². The second-order valence-corrected chi connectivity index (χ2v) is 8.51. The molecule has 7 heteroatoms. The highest BCUT2D eigenvalue weighted by Crippen LogP contribution is 2.25. The topological polar surface area (TPSA) is 84.0 Å². The van der Waals surface area contributed by atoms with E-state index in [-0.39, 0.29) is 16.9 Å². The number of hydrogen-bond donors (Lipinski definition) is 2. The number of hydrogen-bond acceptors (Lipinski definition) is 6. The highest BCUT2D eigenvalue weighted by atomic mass is 32.2. The zero-order valence-electron chi connectivity index (χ0n) is 13.7. The van der Waals surface area contributed by atoms with Crippen molar-refractivity contribution in [2.24, 2.45) is 0 Å². The molecule has 0 fully saturated rings. The Morgan fingerprint density at radius 3 is 2.19 bits per heavy atom. The van der Waals surface area contributed by atoms with Crippen LogP contribution in [-0.2, 0) is 15.3 Å². The first-order valence-corrected chi connectivity index (χ1v) is 8.94. The molecule has 0 spiro atoms. The maximum atomic E-state index is 11.5. The maximum Gasteiger partial charge on any atom is 0.151 e. The highest BCUT2D eigenvalue weighted by Gasteiger charge is 2.21. The van der Waals surface area contributed by atoms with Crippen molar-refractivity contribution < 1.29 is 8.42 Å². The van der Waals surface area contributed by atoms with Gasteiger partial charge in [0.15, 0.2) is 9.84 Å². The summed E-state index contributed by atoms with van der Waals surface area (Å²) in [6.07, 6.45) is 0. The van der Waals surface area contributed by atoms with Crippen LogP contribution in [-0.4, -0.2) is 43.5 Å². The average Bonchev–Trinajstić information content (AvgIpc) is 2.39. The number of nitrogens with zero attached hydrogens (tertiary/aromatic N) is 2. The van der Waals surface area contributed by atoms with E-state index in [0.717, 1.165) is 17.2 Å². The fourth-order valence-corrected chi connectivity index (χ4v) is 2.44. The van der Waals surface area contributed by atoms with E-state index >= 15 is 0 Å². The Hall–Kier alpha value is -1.37. The van der Waals surface area contributed by atoms with Crippen LogP contribution < -0.4 is 10.6 Å². The van der Waals surface area contributed by atoms with E-state index in [4.69, 9.17) is 0 Å². The van der Waals surface area contributed by atoms with Gasteiger partial charge in [-0.05, 0) is 6.92 Å². The zero-order chi connectivity index (χ0) is 16.3. The Morgan fingerprint density at radius 1 is 1.14 bits per heavy atom. The first kappa shape index (κ1) is 17.7. The largest absolute Gasteiger partial charge is 0.373 e. The molecule has 0 aliphatic rings. The van der Waals surface area contributed by atoms with Crippen molar-refractivity contribution in [3.05, 3.63) is 11.4 Å². The first-order valence-electron chi connectivity index (χ1n) is 7.12. The van der Waals surface area contributed by atoms with Gasteiger partial charge >= 0.3 is 0 Å². The van der Waals surface area contributed by atoms with Gasteiger partial charge in [0.25, 0.3) is 0 Å². The van der Waals surface area contributed by atoms with E-state index in [1.807, 2.05) is 34.7 Å². The van der Waals surface area contributed by atoms with Crippen LogP contribution in [0, 0.1) is 6.92 Å². The lowest BCUT2D eigenvalue weighted by atomic mass is 9.95. The normalized spacial score (nSPS) is 12.3. The zero-order valence-corrected chi connectivity index (χ0v) is 14.6. The van der Waals surface area contributed by atoms with E-state index in [1.54, 1.807) is 6.92 Å². The molecule has 1 rings (SSSR count). The monoisotopic (exact) mass is 314 g/mol. The predicted molar refractivity (Wildman–Crippen MR) is 87.8 cm³/mol. The first-order chi connectivity index (χ1) is 9.60. The van der Waals surface area contributed by atoms with Gasteiger partial charge in [-0.25, -0.2) is 18.4 Å². The minimum Gasteiger partial charge on any atom is -0.373 e. The Morgan fingerprint density at radius 2 is 1.71 bits per heavy atom. The molecule has 0 saturated heterocycles. The van der Waals surface area contributed by atoms with Gasteiger partial charge in [0.1, 0.15) is 17.5 Å². The van der Waals surface area contributed by atoms with E-state index in [1.165, 1.54) is 0 Å². The van der Waals surface area contributed by atoms with E-state index in [9.17, 15) is 8.42 Å². The molecule has 1 heterocycles. The molecule has 0 unspecified atom stereocenters. The van der Waals surface area contributed by atoms with E-state index in [2.05, 4.69) is 20.6 Å². The second-order valence-electron chi connectivity index (χ2n) is 6.03. The molecule has 0 atom stereocenters. The number of anilines is 2. The van der Waals surface area contributed by atoms with Crippen LogP contribution in [0.25, 0.3) is 0 Å². The SMILES string of the molecule is CCS(=O)(=O)CCNc1nc(C(C)(C)C)nc(NC)c1C. The summed E-state index contributed by atoms with van der Waals surface area (Å²) in [4.78, 5) is 9.06. The Bertz CT molecular complexity index is 592. The Kier molecular flexibility index (Phi) is 5.55. The molecule has 21 heavy (non-hydrogen) atoms. The fraction of sp³-hybridized carbons (Fsp3) is 0.714. The van der Waals surface area contributed by atoms with Crippen LogP contribution in [0.3, 0.4) is 0 Å². The molecular weight excluding hydrogens is 288 g/mol. The molecule has 0 amide bonds. The molecule has 6 nitrogen and oxygen atoms in total. The second kappa shape index (κ2) is 6.60. The van der Waals surface area contributed by atoms with Gasteiger partial charge in [-0.15, -0.1) is 0 Å². The molecule has 1 aromatic heterocycles. The van der Waals surface area contributed by atoms with Crippen molar-refractivity contribution in [2.75, 3.05) is 35.7 Å². The van der Waals surface area contributed by atoms with Gasteiger partial charge in [0, 0.05) is 30.3 Å². The molecule has 0 aliphatic carbocycles. The van der Waals surface area contributed by atoms with Crippen LogP contribution in [0.2, 0.25) is 0 Å². The molecular formula is C14H26N4O2S. The Balaban J connectivity index is 3.01. The summed E-state index contributed by atoms with van der Waals surface area (Å²) in [5.74, 6) is 2.43. The van der Waals surface area contributed by atoms with Crippen LogP contribution in [0.5, 0.6) is 0 Å². The lowest BCUT2D eigenvalue weighted by Crippen LogP contribution is -2.22. The van der Waals surface area contributed by atoms with Crippen molar-refractivity contribution >= 4 is 21.5 Å². The molecule has 0 radical (unpaired) electrons. The van der Waals surface area contributed by atoms with Crippen molar-refractivity contribution in [1.29, 1.82) is 0 Å². The molecule has 2 N–H and O–H groups in total. The van der Waals surface area contributed by atoms with Gasteiger partial charge < -0.3 is 10.6 Å². The minimum atomic E-state index is -2.98. The third-order valence-electron chi connectivity index (χ3n) is 3.20. The summed E-state index contributed by atoms with van der Waals surface area (Å²) in [5, 5.41) is 6.18. The lowest BCUT2D eigenvalue weighted by Gasteiger charge is -2.20. The molecule has 0 saturated carbocycles. The Labute approximate surface area is 127 Å². The fourth-order valence-electron chi connectivity index (χ4n) is 1.74. The summed E-state index contributed by atoms with van der Waals surface area (Å²) in [7, 11) is -1.17. The summed E-state index contributed by atoms with van der Waals surface area (Å²) in [6, 6.07) is 0. The summed E-state index contributed by atoms with van der Waals surface area (Å²) >= 11 is 0. The van der Waals surface area contributed by atoms with Crippen LogP contribution in [0.1, 0.15) is 39.1 Å². The molecule has 1 aromatic rings. The molecule has 0 aliphatic heterocycles. The van der Waals surface area contributed by atoms with Crippen molar-refractivity contribution in [1.82, 2.24) is 9.97 Å². The van der Waals surface area contributed by atoms with Crippen molar-refractivity contribution in [3.63, 3.8) is 0 Å². The van der Waals surface area contributed by atoms with Crippen molar-refractivity contribution in [3.8, 4) is 0 Å².